The van der Waals surface area contributed by atoms with Crippen LogP contribution in [-0.4, -0.2) is 157 Å². The molecule has 2 fully saturated rings. The van der Waals surface area contributed by atoms with Crippen LogP contribution in [0.3, 0.4) is 0 Å². The summed E-state index contributed by atoms with van der Waals surface area (Å²) in [6.07, 6.45) is 6.13. The molecule has 23 heteroatoms. The highest BCUT2D eigenvalue weighted by Crippen LogP contribution is 2.23. The Labute approximate surface area is 357 Å². The van der Waals surface area contributed by atoms with E-state index in [1.165, 1.54) is 9.80 Å². The third-order valence-electron chi connectivity index (χ3n) is 10.5. The highest BCUT2D eigenvalue weighted by molar-refractivity contribution is 5.97. The summed E-state index contributed by atoms with van der Waals surface area (Å²) in [6.45, 7) is 0.613. The molecule has 0 aliphatic carbocycles. The number of nitrogens with one attached hydrogen (secondary N) is 5. The van der Waals surface area contributed by atoms with Gasteiger partial charge in [-0.2, -0.15) is 0 Å². The van der Waals surface area contributed by atoms with Crippen LogP contribution in [0, 0.1) is 0 Å². The van der Waals surface area contributed by atoms with Crippen LogP contribution in [0.5, 0.6) is 0 Å². The molecule has 2 saturated heterocycles. The molecule has 2 heterocycles. The molecule has 0 unspecified atom stereocenters. The van der Waals surface area contributed by atoms with Gasteiger partial charge in [-0.1, -0.05) is 6.42 Å². The molecule has 2 rings (SSSR count). The molecular weight excluding hydrogens is 797 g/mol. The summed E-state index contributed by atoms with van der Waals surface area (Å²) >= 11 is 0. The van der Waals surface area contributed by atoms with Crippen LogP contribution in [-0.2, 0) is 38.4 Å². The Morgan fingerprint density at radius 2 is 1.10 bits per heavy atom. The predicted octanol–water partition coefficient (Wildman–Crippen LogP) is -4.49. The minimum absolute atomic E-state index is 0.0914. The number of nitrogens with zero attached hydrogens (tertiary/aromatic N) is 3. The normalized spacial score (nSPS) is 18.0. The summed E-state index contributed by atoms with van der Waals surface area (Å²) < 4.78 is 0. The van der Waals surface area contributed by atoms with E-state index in [1.54, 1.807) is 0 Å². The second-order valence-corrected chi connectivity index (χ2v) is 15.4. The fraction of sp³-hybridized carbons (Fsp3) is 0.763. The van der Waals surface area contributed by atoms with Crippen molar-refractivity contribution in [2.75, 3.05) is 52.4 Å². The molecule has 0 aromatic rings. The van der Waals surface area contributed by atoms with E-state index in [0.29, 0.717) is 83.8 Å². The van der Waals surface area contributed by atoms with Crippen LogP contribution in [0.4, 0.5) is 0 Å². The van der Waals surface area contributed by atoms with Gasteiger partial charge in [0.2, 0.25) is 41.4 Å². The first-order chi connectivity index (χ1) is 29.1. The number of aliphatic carboxylic acids is 1. The Balaban J connectivity index is 2.28. The molecule has 6 atom stereocenters. The Hall–Kier alpha value is -5.13. The van der Waals surface area contributed by atoms with E-state index < -0.39 is 96.7 Å². The molecule has 61 heavy (non-hydrogen) atoms. The van der Waals surface area contributed by atoms with Crippen molar-refractivity contribution < 1.29 is 43.5 Å². The van der Waals surface area contributed by atoms with Crippen LogP contribution >= 0.6 is 0 Å². The van der Waals surface area contributed by atoms with Gasteiger partial charge in [-0.05, 0) is 110 Å². The zero-order chi connectivity index (χ0) is 45.3. The van der Waals surface area contributed by atoms with Crippen LogP contribution in [0.25, 0.3) is 0 Å². The third-order valence-corrected chi connectivity index (χ3v) is 10.5. The lowest BCUT2D eigenvalue weighted by atomic mass is 10.0. The van der Waals surface area contributed by atoms with Gasteiger partial charge in [0, 0.05) is 19.6 Å². The van der Waals surface area contributed by atoms with Crippen molar-refractivity contribution in [3.05, 3.63) is 0 Å². The molecule has 2 aliphatic heterocycles. The highest BCUT2D eigenvalue weighted by Gasteiger charge is 2.42. The van der Waals surface area contributed by atoms with Crippen molar-refractivity contribution in [1.82, 2.24) is 36.4 Å². The largest absolute Gasteiger partial charge is 0.480 e. The number of hydrogen-bond acceptors (Lipinski definition) is 13. The summed E-state index contributed by atoms with van der Waals surface area (Å²) in [6, 6.07) is -6.05. The molecule has 0 bridgehead atoms. The molecule has 0 radical (unpaired) electrons. The van der Waals surface area contributed by atoms with E-state index in [0.717, 1.165) is 0 Å². The Kier molecular flexibility index (Phi) is 24.2. The van der Waals surface area contributed by atoms with Crippen molar-refractivity contribution in [3.63, 3.8) is 0 Å². The number of amides is 7. The van der Waals surface area contributed by atoms with Crippen LogP contribution in [0.15, 0.2) is 4.99 Å². The molecule has 346 valence electrons. The number of carbonyl (C=O) groups is 8. The van der Waals surface area contributed by atoms with E-state index in [9.17, 15) is 38.4 Å². The van der Waals surface area contributed by atoms with Crippen molar-refractivity contribution >= 4 is 53.3 Å². The topological polar surface area (TPSA) is 392 Å². The second-order valence-electron chi connectivity index (χ2n) is 15.4. The fourth-order valence-electron chi connectivity index (χ4n) is 7.26. The Morgan fingerprint density at radius 3 is 1.64 bits per heavy atom. The van der Waals surface area contributed by atoms with Crippen LogP contribution in [0.2, 0.25) is 0 Å². The fourth-order valence-corrected chi connectivity index (χ4v) is 7.26. The molecule has 0 aromatic heterocycles. The zero-order valence-corrected chi connectivity index (χ0v) is 35.2. The molecule has 18 N–H and O–H groups in total. The summed E-state index contributed by atoms with van der Waals surface area (Å²) in [5.41, 5.74) is 34.1. The van der Waals surface area contributed by atoms with E-state index in [2.05, 4.69) is 31.6 Å². The lowest BCUT2D eigenvalue weighted by molar-refractivity contribution is -0.144. The van der Waals surface area contributed by atoms with Crippen LogP contribution in [0.1, 0.15) is 96.3 Å². The van der Waals surface area contributed by atoms with E-state index in [1.807, 2.05) is 0 Å². The zero-order valence-electron chi connectivity index (χ0n) is 35.2. The number of carbonyl (C=O) groups excluding carboxylic acids is 7. The second kappa shape index (κ2) is 28.4. The lowest BCUT2D eigenvalue weighted by Gasteiger charge is -2.32. The van der Waals surface area contributed by atoms with Gasteiger partial charge in [-0.15, -0.1) is 0 Å². The van der Waals surface area contributed by atoms with Gasteiger partial charge in [0.1, 0.15) is 36.8 Å². The number of carboxylic acid groups (broad SMARTS) is 1. The molecule has 0 spiro atoms. The van der Waals surface area contributed by atoms with Gasteiger partial charge < -0.3 is 75.9 Å². The van der Waals surface area contributed by atoms with Crippen molar-refractivity contribution in [3.8, 4) is 0 Å². The Bertz CT molecular complexity index is 1500. The third kappa shape index (κ3) is 18.6. The van der Waals surface area contributed by atoms with Crippen molar-refractivity contribution in [2.45, 2.75) is 133 Å². The number of rotatable bonds is 29. The van der Waals surface area contributed by atoms with Gasteiger partial charge in [-0.25, -0.2) is 0 Å². The molecule has 7 amide bonds. The van der Waals surface area contributed by atoms with Crippen molar-refractivity contribution in [2.24, 2.45) is 39.4 Å². The van der Waals surface area contributed by atoms with Crippen LogP contribution < -0.4 is 61.0 Å². The highest BCUT2D eigenvalue weighted by atomic mass is 16.4. The first-order valence-corrected chi connectivity index (χ1v) is 21.3. The molecule has 0 aromatic carbocycles. The molecule has 2 aliphatic rings. The van der Waals surface area contributed by atoms with Gasteiger partial charge >= 0.3 is 5.97 Å². The summed E-state index contributed by atoms with van der Waals surface area (Å²) in [5.74, 6) is -5.49. The van der Waals surface area contributed by atoms with E-state index >= 15 is 0 Å². The maximum absolute atomic E-state index is 14.3. The summed E-state index contributed by atoms with van der Waals surface area (Å²) in [4.78, 5) is 112. The standard InChI is InChI=1S/C38H70N14O9/c39-16-4-1-10-24(42)32(56)48-25(11-2-5-17-40)33(57)49-27(13-7-19-45-38(43)44)37(61)52-21-9-15-29(52)35(59)50-26(12-3-6-18-41)36(60)51-20-8-14-28(51)34(58)47-22-30(53)46-23-31(54)55/h24-29H,1-23,39-42H2,(H,46,53)(H,47,58)(H,48,56)(H,49,57)(H,50,59)(H,54,55)(H4,43,44,45)/t24-,25-,26-,27-,28-,29-/m0/s1. The monoisotopic (exact) mass is 867 g/mol. The number of unbranched alkanes of at least 4 members (excludes halogenated alkanes) is 3. The smallest absolute Gasteiger partial charge is 0.322 e. The molecule has 23 nitrogen and oxygen atoms in total. The number of likely N-dealkylation sites (tertiary alicyclic amines) is 2. The first-order valence-electron chi connectivity index (χ1n) is 21.3. The summed E-state index contributed by atoms with van der Waals surface area (Å²) in [5, 5.41) is 21.8. The van der Waals surface area contributed by atoms with E-state index in [-0.39, 0.29) is 57.7 Å². The van der Waals surface area contributed by atoms with Gasteiger partial charge in [0.05, 0.1) is 12.6 Å². The predicted molar refractivity (Wildman–Crippen MR) is 226 cm³/mol. The first kappa shape index (κ1) is 52.0. The average molecular weight is 867 g/mol. The number of aliphatic imine (C=N–C) groups is 1. The maximum Gasteiger partial charge on any atom is 0.322 e. The quantitative estimate of drug-likeness (QED) is 0.0192. The SMILES string of the molecule is NCCCC[C@H](NC(=O)[C@@H](N)CCCCN)C(=O)N[C@@H](CCCN=C(N)N)C(=O)N1CCC[C@H]1C(=O)N[C@@H](CCCCN)C(=O)N1CCC[C@H]1C(=O)NCC(=O)NCC(=O)O. The van der Waals surface area contributed by atoms with Gasteiger partial charge in [0.25, 0.3) is 0 Å². The number of hydrogen-bond donors (Lipinski definition) is 12. The lowest BCUT2D eigenvalue weighted by Crippen LogP contribution is -2.59. The maximum atomic E-state index is 14.3. The number of guanidine groups is 1. The van der Waals surface area contributed by atoms with Crippen molar-refractivity contribution in [1.29, 1.82) is 0 Å². The Morgan fingerprint density at radius 1 is 0.607 bits per heavy atom. The van der Waals surface area contributed by atoms with Gasteiger partial charge in [-0.3, -0.25) is 43.3 Å². The molecule has 0 saturated carbocycles. The minimum Gasteiger partial charge on any atom is -0.480 e. The van der Waals surface area contributed by atoms with E-state index in [4.69, 9.17) is 39.5 Å². The number of carboxylic acids is 1. The summed E-state index contributed by atoms with van der Waals surface area (Å²) in [7, 11) is 0. The number of nitrogens with two attached hydrogens (primary N) is 6. The molecular formula is C38H70N14O9. The minimum atomic E-state index is -1.25. The average Bonchev–Trinajstić information content (AvgIpc) is 3.93. The van der Waals surface area contributed by atoms with Gasteiger partial charge in [0.15, 0.2) is 5.96 Å².